The molecule has 0 radical (unpaired) electrons. The molecule has 112 valence electrons. The van der Waals surface area contributed by atoms with Crippen LogP contribution in [0.4, 0.5) is 0 Å². The van der Waals surface area contributed by atoms with Gasteiger partial charge in [0.1, 0.15) is 5.75 Å². The highest BCUT2D eigenvalue weighted by Gasteiger charge is 2.30. The summed E-state index contributed by atoms with van der Waals surface area (Å²) in [5.74, 6) is 1.94. The lowest BCUT2D eigenvalue weighted by Gasteiger charge is -2.30. The molecule has 2 atom stereocenters. The van der Waals surface area contributed by atoms with E-state index in [9.17, 15) is 0 Å². The number of aryl methyl sites for hydroxylation is 1. The van der Waals surface area contributed by atoms with Crippen LogP contribution in [0, 0.1) is 5.92 Å². The molecule has 0 amide bonds. The lowest BCUT2D eigenvalue weighted by Crippen LogP contribution is -2.33. The summed E-state index contributed by atoms with van der Waals surface area (Å²) in [7, 11) is 1.65. The van der Waals surface area contributed by atoms with Crippen molar-refractivity contribution in [1.82, 2.24) is 9.78 Å². The number of fused-ring (bicyclic) bond motifs is 1. The number of hydrogen-bond donors (Lipinski definition) is 1. The second-order valence-electron chi connectivity index (χ2n) is 5.32. The van der Waals surface area contributed by atoms with Crippen molar-refractivity contribution in [2.24, 2.45) is 11.7 Å². The number of para-hydroxylation sites is 1. The lowest BCUT2D eigenvalue weighted by molar-refractivity contribution is 0.195. The van der Waals surface area contributed by atoms with Gasteiger partial charge in [-0.15, -0.1) is 0 Å². The van der Waals surface area contributed by atoms with Crippen molar-refractivity contribution in [3.8, 4) is 11.5 Å². The van der Waals surface area contributed by atoms with Crippen molar-refractivity contribution < 1.29 is 9.47 Å². The molecular weight excluding hydrogens is 266 g/mol. The molecule has 0 saturated heterocycles. The minimum atomic E-state index is -0.157. The highest BCUT2D eigenvalue weighted by Crippen LogP contribution is 2.35. The predicted molar refractivity (Wildman–Crippen MR) is 80.5 cm³/mol. The molecule has 3 rings (SSSR count). The van der Waals surface area contributed by atoms with Crippen molar-refractivity contribution in [3.63, 3.8) is 0 Å². The van der Waals surface area contributed by atoms with Crippen molar-refractivity contribution in [2.75, 3.05) is 13.7 Å². The van der Waals surface area contributed by atoms with Crippen molar-refractivity contribution in [3.05, 3.63) is 41.7 Å². The Morgan fingerprint density at radius 3 is 3.05 bits per heavy atom. The quantitative estimate of drug-likeness (QED) is 0.936. The van der Waals surface area contributed by atoms with Gasteiger partial charge in [0.25, 0.3) is 0 Å². The number of benzene rings is 1. The van der Waals surface area contributed by atoms with Crippen LogP contribution >= 0.6 is 0 Å². The smallest absolute Gasteiger partial charge is 0.161 e. The molecule has 21 heavy (non-hydrogen) atoms. The van der Waals surface area contributed by atoms with Crippen molar-refractivity contribution in [1.29, 1.82) is 0 Å². The van der Waals surface area contributed by atoms with Crippen LogP contribution in [0.5, 0.6) is 11.5 Å². The molecule has 1 aromatic carbocycles. The van der Waals surface area contributed by atoms with Crippen LogP contribution in [-0.4, -0.2) is 23.5 Å². The van der Waals surface area contributed by atoms with E-state index in [0.717, 1.165) is 30.2 Å². The van der Waals surface area contributed by atoms with E-state index in [0.29, 0.717) is 6.61 Å². The molecule has 2 unspecified atom stereocenters. The molecule has 5 heteroatoms. The number of ether oxygens (including phenoxy) is 2. The first kappa shape index (κ1) is 13.9. The molecule has 2 N–H and O–H groups in total. The summed E-state index contributed by atoms with van der Waals surface area (Å²) < 4.78 is 13.2. The zero-order chi connectivity index (χ0) is 14.8. The Hall–Kier alpha value is -2.01. The van der Waals surface area contributed by atoms with E-state index in [2.05, 4.69) is 18.1 Å². The monoisotopic (exact) mass is 287 g/mol. The highest BCUT2D eigenvalue weighted by molar-refractivity contribution is 5.36. The maximum atomic E-state index is 6.50. The van der Waals surface area contributed by atoms with Gasteiger partial charge in [0, 0.05) is 12.5 Å². The first-order valence-electron chi connectivity index (χ1n) is 7.30. The van der Waals surface area contributed by atoms with Gasteiger partial charge in [0.05, 0.1) is 31.6 Å². The first-order chi connectivity index (χ1) is 10.2. The molecule has 2 heterocycles. The van der Waals surface area contributed by atoms with Gasteiger partial charge in [0.2, 0.25) is 0 Å². The number of methoxy groups -OCH3 is 1. The van der Waals surface area contributed by atoms with E-state index >= 15 is 0 Å². The third kappa shape index (κ3) is 2.49. The Kier molecular flexibility index (Phi) is 3.84. The Morgan fingerprint density at radius 2 is 2.29 bits per heavy atom. The summed E-state index contributed by atoms with van der Waals surface area (Å²) in [6.45, 7) is 3.45. The fourth-order valence-corrected chi connectivity index (χ4v) is 2.93. The maximum absolute atomic E-state index is 6.50. The zero-order valence-electron chi connectivity index (χ0n) is 12.5. The van der Waals surface area contributed by atoms with Crippen LogP contribution in [0.25, 0.3) is 0 Å². The average molecular weight is 287 g/mol. The van der Waals surface area contributed by atoms with Gasteiger partial charge >= 0.3 is 0 Å². The molecule has 1 aliphatic heterocycles. The van der Waals surface area contributed by atoms with Crippen LogP contribution in [-0.2, 0) is 13.0 Å². The minimum Gasteiger partial charge on any atom is -0.493 e. The van der Waals surface area contributed by atoms with Gasteiger partial charge in [-0.1, -0.05) is 18.2 Å². The van der Waals surface area contributed by atoms with Crippen LogP contribution in [0.2, 0.25) is 0 Å². The fourth-order valence-electron chi connectivity index (χ4n) is 2.93. The van der Waals surface area contributed by atoms with Crippen LogP contribution in [0.1, 0.15) is 24.2 Å². The van der Waals surface area contributed by atoms with Gasteiger partial charge < -0.3 is 15.2 Å². The van der Waals surface area contributed by atoms with E-state index in [1.807, 2.05) is 22.9 Å². The van der Waals surface area contributed by atoms with Gasteiger partial charge in [-0.2, -0.15) is 5.10 Å². The zero-order valence-corrected chi connectivity index (χ0v) is 12.5. The minimum absolute atomic E-state index is 0.157. The van der Waals surface area contributed by atoms with Gasteiger partial charge in [-0.05, 0) is 25.0 Å². The molecular formula is C16H21N3O2. The second-order valence-corrected chi connectivity index (χ2v) is 5.32. The normalized spacial score (nSPS) is 18.7. The first-order valence-corrected chi connectivity index (χ1v) is 7.30. The third-order valence-electron chi connectivity index (χ3n) is 4.10. The van der Waals surface area contributed by atoms with Crippen LogP contribution in [0.15, 0.2) is 30.5 Å². The molecule has 0 fully saturated rings. The second kappa shape index (κ2) is 5.77. The average Bonchev–Trinajstić information content (AvgIpc) is 2.96. The Balaban J connectivity index is 1.87. The highest BCUT2D eigenvalue weighted by atomic mass is 16.5. The molecule has 0 aliphatic carbocycles. The van der Waals surface area contributed by atoms with Gasteiger partial charge in [-0.3, -0.25) is 4.68 Å². The Labute approximate surface area is 124 Å². The molecule has 0 spiro atoms. The topological polar surface area (TPSA) is 62.3 Å². The summed E-state index contributed by atoms with van der Waals surface area (Å²) in [4.78, 5) is 0. The molecule has 1 aliphatic rings. The Morgan fingerprint density at radius 1 is 1.48 bits per heavy atom. The number of rotatable bonds is 4. The van der Waals surface area contributed by atoms with E-state index in [4.69, 9.17) is 15.2 Å². The molecule has 5 nitrogen and oxygen atoms in total. The van der Waals surface area contributed by atoms with E-state index < -0.39 is 0 Å². The number of aromatic nitrogens is 2. The SMILES string of the molecule is CCn1ncc(OC)c1C(N)C1COc2ccccc2C1. The summed E-state index contributed by atoms with van der Waals surface area (Å²) in [5, 5.41) is 4.34. The summed E-state index contributed by atoms with van der Waals surface area (Å²) in [6, 6.07) is 7.98. The maximum Gasteiger partial charge on any atom is 0.161 e. The third-order valence-corrected chi connectivity index (χ3v) is 4.10. The van der Waals surface area contributed by atoms with E-state index in [1.54, 1.807) is 13.3 Å². The summed E-state index contributed by atoms with van der Waals surface area (Å²) in [6.07, 6.45) is 2.64. The van der Waals surface area contributed by atoms with Crippen molar-refractivity contribution >= 4 is 0 Å². The molecule has 1 aromatic heterocycles. The summed E-state index contributed by atoms with van der Waals surface area (Å²) in [5.41, 5.74) is 8.67. The number of nitrogens with two attached hydrogens (primary N) is 1. The summed E-state index contributed by atoms with van der Waals surface area (Å²) >= 11 is 0. The molecule has 2 aromatic rings. The Bertz CT molecular complexity index is 602. The standard InChI is InChI=1S/C16H21N3O2/c1-3-19-16(14(20-2)9-18-19)15(17)12-8-11-6-4-5-7-13(11)21-10-12/h4-7,9,12,15H,3,8,10,17H2,1-2H3. The van der Waals surface area contributed by atoms with E-state index in [-0.39, 0.29) is 12.0 Å². The fraction of sp³-hybridized carbons (Fsp3) is 0.438. The largest absolute Gasteiger partial charge is 0.493 e. The number of nitrogens with zero attached hydrogens (tertiary/aromatic N) is 2. The van der Waals surface area contributed by atoms with Crippen molar-refractivity contribution in [2.45, 2.75) is 25.9 Å². The van der Waals surface area contributed by atoms with Gasteiger partial charge in [-0.25, -0.2) is 0 Å². The molecule has 0 bridgehead atoms. The number of hydrogen-bond acceptors (Lipinski definition) is 4. The molecule has 0 saturated carbocycles. The van der Waals surface area contributed by atoms with Crippen LogP contribution < -0.4 is 15.2 Å². The predicted octanol–water partition coefficient (Wildman–Crippen LogP) is 2.16. The van der Waals surface area contributed by atoms with E-state index in [1.165, 1.54) is 5.56 Å². The lowest BCUT2D eigenvalue weighted by atomic mass is 9.89. The van der Waals surface area contributed by atoms with Crippen LogP contribution in [0.3, 0.4) is 0 Å². The van der Waals surface area contributed by atoms with Gasteiger partial charge in [0.15, 0.2) is 5.75 Å².